The fraction of sp³-hybridized carbons (Fsp3) is 0.200. The Morgan fingerprint density at radius 1 is 1.77 bits per heavy atom. The number of pyridine rings is 1. The van der Waals surface area contributed by atoms with Crippen LogP contribution in [0.2, 0.25) is 0 Å². The highest BCUT2D eigenvalue weighted by Gasteiger charge is 1.98. The summed E-state index contributed by atoms with van der Waals surface area (Å²) in [5.41, 5.74) is 2.07. The highest BCUT2D eigenvalue weighted by molar-refractivity contribution is 5.92. The van der Waals surface area contributed by atoms with Gasteiger partial charge in [0.25, 0.3) is 5.91 Å². The summed E-state index contributed by atoms with van der Waals surface area (Å²) in [4.78, 5) is 14.7. The van der Waals surface area contributed by atoms with Gasteiger partial charge in [-0.25, -0.2) is 0 Å². The lowest BCUT2D eigenvalue weighted by atomic mass is 10.1. The molecule has 66 valence electrons. The molecule has 1 aromatic rings. The van der Waals surface area contributed by atoms with Crippen LogP contribution in [0.4, 0.5) is 0 Å². The molecule has 0 bridgehead atoms. The third-order valence-electron chi connectivity index (χ3n) is 1.71. The van der Waals surface area contributed by atoms with Crippen LogP contribution in [-0.2, 0) is 11.3 Å². The fourth-order valence-corrected chi connectivity index (χ4v) is 0.927. The lowest BCUT2D eigenvalue weighted by molar-refractivity contribution is -0.115. The Balaban J connectivity index is 2.61. The quantitative estimate of drug-likeness (QED) is 0.668. The number of hydrogen-bond acceptors (Lipinski definition) is 2. The number of nitrogens with one attached hydrogen (secondary N) is 1. The van der Waals surface area contributed by atoms with E-state index in [-0.39, 0.29) is 0 Å². The molecule has 0 fully saturated rings. The summed E-state index contributed by atoms with van der Waals surface area (Å²) in [6.45, 7) is 2.39. The van der Waals surface area contributed by atoms with E-state index in [1.54, 1.807) is 12.4 Å². The molecular formula is C10H10N2O. The van der Waals surface area contributed by atoms with Crippen molar-refractivity contribution in [2.75, 3.05) is 0 Å². The molecule has 0 spiro atoms. The molecule has 0 aromatic carbocycles. The molecule has 0 radical (unpaired) electrons. The molecule has 1 aromatic heterocycles. The third kappa shape index (κ3) is 2.60. The number of nitrogens with zero attached hydrogens (tertiary/aromatic N) is 1. The average Bonchev–Trinajstić information content (AvgIpc) is 2.16. The Morgan fingerprint density at radius 3 is 3.15 bits per heavy atom. The third-order valence-corrected chi connectivity index (χ3v) is 1.71. The first kappa shape index (κ1) is 9.27. The number of aromatic nitrogens is 1. The molecule has 0 aliphatic heterocycles. The van der Waals surface area contributed by atoms with E-state index in [4.69, 9.17) is 6.42 Å². The number of carbonyl (C=O) groups excluding carboxylic acids is 1. The van der Waals surface area contributed by atoms with Crippen LogP contribution in [0.5, 0.6) is 0 Å². The van der Waals surface area contributed by atoms with Crippen molar-refractivity contribution in [2.45, 2.75) is 13.5 Å². The number of terminal acetylenes is 1. The number of carbonyl (C=O) groups is 1. The van der Waals surface area contributed by atoms with E-state index in [0.29, 0.717) is 6.54 Å². The smallest absolute Gasteiger partial charge is 0.295 e. The van der Waals surface area contributed by atoms with Gasteiger partial charge in [-0.05, 0) is 30.0 Å². The van der Waals surface area contributed by atoms with Gasteiger partial charge in [-0.2, -0.15) is 0 Å². The zero-order valence-electron chi connectivity index (χ0n) is 7.37. The first-order chi connectivity index (χ1) is 6.24. The van der Waals surface area contributed by atoms with Gasteiger partial charge in [-0.1, -0.05) is 0 Å². The van der Waals surface area contributed by atoms with Gasteiger partial charge in [-0.3, -0.25) is 9.78 Å². The molecule has 3 heteroatoms. The van der Waals surface area contributed by atoms with Crippen molar-refractivity contribution in [3.63, 3.8) is 0 Å². The predicted molar refractivity (Wildman–Crippen MR) is 49.7 cm³/mol. The summed E-state index contributed by atoms with van der Waals surface area (Å²) in [6.07, 6.45) is 8.33. The summed E-state index contributed by atoms with van der Waals surface area (Å²) in [5, 5.41) is 2.59. The lowest BCUT2D eigenvalue weighted by Gasteiger charge is -2.03. The van der Waals surface area contributed by atoms with Crippen molar-refractivity contribution < 1.29 is 4.79 Å². The van der Waals surface area contributed by atoms with E-state index in [0.717, 1.165) is 11.1 Å². The number of amides is 1. The Kier molecular flexibility index (Phi) is 3.04. The summed E-state index contributed by atoms with van der Waals surface area (Å²) in [7, 11) is 0. The van der Waals surface area contributed by atoms with E-state index >= 15 is 0 Å². The van der Waals surface area contributed by atoms with Crippen LogP contribution in [0.1, 0.15) is 11.1 Å². The minimum Gasteiger partial charge on any atom is -0.341 e. The summed E-state index contributed by atoms with van der Waals surface area (Å²) in [5.74, 6) is 1.60. The monoisotopic (exact) mass is 174 g/mol. The second-order valence-corrected chi connectivity index (χ2v) is 2.63. The van der Waals surface area contributed by atoms with Crippen molar-refractivity contribution >= 4 is 5.91 Å². The molecule has 1 N–H and O–H groups in total. The molecule has 0 atom stereocenters. The van der Waals surface area contributed by atoms with Crippen LogP contribution < -0.4 is 5.32 Å². The second kappa shape index (κ2) is 4.27. The minimum absolute atomic E-state index is 0.392. The largest absolute Gasteiger partial charge is 0.341 e. The van der Waals surface area contributed by atoms with E-state index in [1.807, 2.05) is 18.9 Å². The number of rotatable bonds is 2. The molecule has 1 heterocycles. The Morgan fingerprint density at radius 2 is 2.54 bits per heavy atom. The number of hydrogen-bond donors (Lipinski definition) is 1. The minimum atomic E-state index is -0.392. The molecular weight excluding hydrogens is 164 g/mol. The molecule has 0 saturated heterocycles. The van der Waals surface area contributed by atoms with Crippen molar-refractivity contribution in [3.8, 4) is 12.3 Å². The lowest BCUT2D eigenvalue weighted by Crippen LogP contribution is -2.20. The normalized spacial score (nSPS) is 8.92. The molecule has 0 aliphatic carbocycles. The SMILES string of the molecule is C#CC(=O)NCc1ccncc1C. The van der Waals surface area contributed by atoms with Gasteiger partial charge in [0.05, 0.1) is 0 Å². The Hall–Kier alpha value is -1.82. The maximum Gasteiger partial charge on any atom is 0.295 e. The summed E-state index contributed by atoms with van der Waals surface area (Å²) in [6, 6.07) is 1.85. The van der Waals surface area contributed by atoms with Crippen LogP contribution in [0.15, 0.2) is 18.5 Å². The van der Waals surface area contributed by atoms with Crippen LogP contribution in [0.3, 0.4) is 0 Å². The van der Waals surface area contributed by atoms with Gasteiger partial charge in [0.1, 0.15) is 0 Å². The predicted octanol–water partition coefficient (Wildman–Crippen LogP) is 0.639. The topological polar surface area (TPSA) is 42.0 Å². The van der Waals surface area contributed by atoms with Gasteiger partial charge < -0.3 is 5.32 Å². The first-order valence-electron chi connectivity index (χ1n) is 3.88. The average molecular weight is 174 g/mol. The highest BCUT2D eigenvalue weighted by Crippen LogP contribution is 2.03. The maximum absolute atomic E-state index is 10.7. The fourth-order valence-electron chi connectivity index (χ4n) is 0.927. The Bertz CT molecular complexity index is 352. The zero-order chi connectivity index (χ0) is 9.68. The molecule has 0 saturated carbocycles. The first-order valence-corrected chi connectivity index (χ1v) is 3.88. The van der Waals surface area contributed by atoms with E-state index in [2.05, 4.69) is 10.3 Å². The molecule has 3 nitrogen and oxygen atoms in total. The van der Waals surface area contributed by atoms with Crippen molar-refractivity contribution in [1.82, 2.24) is 10.3 Å². The van der Waals surface area contributed by atoms with Gasteiger partial charge in [0.15, 0.2) is 0 Å². The van der Waals surface area contributed by atoms with E-state index in [1.165, 1.54) is 0 Å². The number of aryl methyl sites for hydroxylation is 1. The molecule has 1 rings (SSSR count). The Labute approximate surface area is 77.2 Å². The van der Waals surface area contributed by atoms with Gasteiger partial charge in [-0.15, -0.1) is 6.42 Å². The molecule has 0 unspecified atom stereocenters. The highest BCUT2D eigenvalue weighted by atomic mass is 16.1. The second-order valence-electron chi connectivity index (χ2n) is 2.63. The standard InChI is InChI=1S/C10H10N2O/c1-3-10(13)12-7-9-4-5-11-6-8(9)2/h1,4-6H,7H2,2H3,(H,12,13). The summed E-state index contributed by atoms with van der Waals surface area (Å²) >= 11 is 0. The van der Waals surface area contributed by atoms with Crippen LogP contribution in [0, 0.1) is 19.3 Å². The van der Waals surface area contributed by atoms with Crippen LogP contribution in [0.25, 0.3) is 0 Å². The van der Waals surface area contributed by atoms with Crippen LogP contribution >= 0.6 is 0 Å². The van der Waals surface area contributed by atoms with Gasteiger partial charge >= 0.3 is 0 Å². The maximum atomic E-state index is 10.7. The van der Waals surface area contributed by atoms with Gasteiger partial charge in [0, 0.05) is 18.9 Å². The van der Waals surface area contributed by atoms with E-state index in [9.17, 15) is 4.79 Å². The van der Waals surface area contributed by atoms with Crippen molar-refractivity contribution in [3.05, 3.63) is 29.6 Å². The molecule has 13 heavy (non-hydrogen) atoms. The summed E-state index contributed by atoms with van der Waals surface area (Å²) < 4.78 is 0. The van der Waals surface area contributed by atoms with Crippen molar-refractivity contribution in [1.29, 1.82) is 0 Å². The van der Waals surface area contributed by atoms with Crippen molar-refractivity contribution in [2.24, 2.45) is 0 Å². The van der Waals surface area contributed by atoms with Gasteiger partial charge in [0.2, 0.25) is 0 Å². The molecule has 1 amide bonds. The zero-order valence-corrected chi connectivity index (χ0v) is 7.37. The van der Waals surface area contributed by atoms with Crippen LogP contribution in [-0.4, -0.2) is 10.9 Å². The molecule has 0 aliphatic rings. The van der Waals surface area contributed by atoms with E-state index < -0.39 is 5.91 Å².